The maximum absolute atomic E-state index is 13.1. The van der Waals surface area contributed by atoms with Gasteiger partial charge in [0.15, 0.2) is 0 Å². The van der Waals surface area contributed by atoms with Crippen LogP contribution in [0.15, 0.2) is 42.5 Å². The zero-order chi connectivity index (χ0) is 17.3. The average Bonchev–Trinajstić information content (AvgIpc) is 2.94. The van der Waals surface area contributed by atoms with Crippen LogP contribution >= 0.6 is 11.6 Å². The van der Waals surface area contributed by atoms with Crippen LogP contribution in [0.4, 0.5) is 20.2 Å². The van der Waals surface area contributed by atoms with Crippen LogP contribution in [0.1, 0.15) is 6.42 Å². The molecule has 124 valence electrons. The van der Waals surface area contributed by atoms with Crippen molar-refractivity contribution in [3.8, 4) is 0 Å². The first-order valence-electron chi connectivity index (χ1n) is 7.26. The molecule has 1 aliphatic heterocycles. The lowest BCUT2D eigenvalue weighted by Gasteiger charge is -2.16. The first-order valence-corrected chi connectivity index (χ1v) is 7.63. The summed E-state index contributed by atoms with van der Waals surface area (Å²) in [7, 11) is 0. The van der Waals surface area contributed by atoms with E-state index < -0.39 is 17.6 Å². The van der Waals surface area contributed by atoms with E-state index in [1.165, 1.54) is 41.3 Å². The summed E-state index contributed by atoms with van der Waals surface area (Å²) < 4.78 is 26.1. The van der Waals surface area contributed by atoms with E-state index in [2.05, 4.69) is 5.32 Å². The molecule has 0 aromatic heterocycles. The van der Waals surface area contributed by atoms with Gasteiger partial charge in [0.05, 0.1) is 10.9 Å². The monoisotopic (exact) mass is 350 g/mol. The molecule has 1 heterocycles. The molecule has 0 bridgehead atoms. The molecule has 1 saturated heterocycles. The Balaban J connectivity index is 1.69. The average molecular weight is 351 g/mol. The van der Waals surface area contributed by atoms with Crippen LogP contribution in [0.25, 0.3) is 0 Å². The highest BCUT2D eigenvalue weighted by Gasteiger charge is 2.35. The summed E-state index contributed by atoms with van der Waals surface area (Å²) in [5.74, 6) is -2.08. The van der Waals surface area contributed by atoms with Crippen molar-refractivity contribution in [2.75, 3.05) is 16.8 Å². The van der Waals surface area contributed by atoms with Crippen LogP contribution in [0.3, 0.4) is 0 Å². The summed E-state index contributed by atoms with van der Waals surface area (Å²) in [5, 5.41) is 2.53. The quantitative estimate of drug-likeness (QED) is 0.919. The fraction of sp³-hybridized carbons (Fsp3) is 0.176. The summed E-state index contributed by atoms with van der Waals surface area (Å²) in [6, 6.07) is 9.37. The van der Waals surface area contributed by atoms with Gasteiger partial charge in [-0.05, 0) is 42.5 Å². The molecule has 2 aromatic carbocycles. The molecule has 2 aromatic rings. The lowest BCUT2D eigenvalue weighted by Crippen LogP contribution is -2.28. The third-order valence-electron chi connectivity index (χ3n) is 3.82. The maximum Gasteiger partial charge on any atom is 0.229 e. The molecule has 0 spiro atoms. The Hall–Kier alpha value is -2.47. The number of amides is 2. The molecule has 0 radical (unpaired) electrons. The summed E-state index contributed by atoms with van der Waals surface area (Å²) in [6.07, 6.45) is 0.0537. The largest absolute Gasteiger partial charge is 0.326 e. The van der Waals surface area contributed by atoms with E-state index in [1.54, 1.807) is 0 Å². The van der Waals surface area contributed by atoms with Crippen LogP contribution < -0.4 is 10.2 Å². The van der Waals surface area contributed by atoms with Crippen molar-refractivity contribution in [1.82, 2.24) is 0 Å². The van der Waals surface area contributed by atoms with Crippen molar-refractivity contribution in [1.29, 1.82) is 0 Å². The lowest BCUT2D eigenvalue weighted by molar-refractivity contribution is -0.122. The minimum absolute atomic E-state index is 0.0537. The third kappa shape index (κ3) is 3.38. The Morgan fingerprint density at radius 2 is 1.88 bits per heavy atom. The first-order chi connectivity index (χ1) is 11.4. The first kappa shape index (κ1) is 16.4. The second-order valence-corrected chi connectivity index (χ2v) is 5.91. The van der Waals surface area contributed by atoms with Crippen molar-refractivity contribution in [3.63, 3.8) is 0 Å². The number of anilines is 2. The number of hydrogen-bond donors (Lipinski definition) is 1. The van der Waals surface area contributed by atoms with Crippen molar-refractivity contribution in [2.45, 2.75) is 6.42 Å². The van der Waals surface area contributed by atoms with E-state index in [0.29, 0.717) is 11.4 Å². The molecule has 1 fully saturated rings. The predicted octanol–water partition coefficient (Wildman–Crippen LogP) is 3.61. The minimum Gasteiger partial charge on any atom is -0.326 e. The van der Waals surface area contributed by atoms with Gasteiger partial charge in [-0.3, -0.25) is 9.59 Å². The molecular formula is C17H13ClF2N2O2. The molecule has 1 N–H and O–H groups in total. The van der Waals surface area contributed by atoms with E-state index in [9.17, 15) is 18.4 Å². The van der Waals surface area contributed by atoms with Gasteiger partial charge in [-0.25, -0.2) is 8.78 Å². The second-order valence-electron chi connectivity index (χ2n) is 5.50. The van der Waals surface area contributed by atoms with Crippen molar-refractivity contribution < 1.29 is 18.4 Å². The summed E-state index contributed by atoms with van der Waals surface area (Å²) >= 11 is 5.68. The number of hydrogen-bond acceptors (Lipinski definition) is 2. The number of halogens is 3. The Morgan fingerprint density at radius 1 is 1.17 bits per heavy atom. The molecule has 7 heteroatoms. The van der Waals surface area contributed by atoms with Crippen molar-refractivity contribution in [3.05, 3.63) is 59.1 Å². The van der Waals surface area contributed by atoms with Crippen LogP contribution in [0.5, 0.6) is 0 Å². The zero-order valence-electron chi connectivity index (χ0n) is 12.4. The van der Waals surface area contributed by atoms with E-state index in [-0.39, 0.29) is 29.8 Å². The molecule has 0 aliphatic carbocycles. The lowest BCUT2D eigenvalue weighted by atomic mass is 10.1. The van der Waals surface area contributed by atoms with E-state index in [1.807, 2.05) is 0 Å². The summed E-state index contributed by atoms with van der Waals surface area (Å²) in [5.41, 5.74) is 0.903. The number of carbonyl (C=O) groups excluding carboxylic acids is 2. The van der Waals surface area contributed by atoms with Crippen LogP contribution in [0.2, 0.25) is 5.02 Å². The normalized spacial score (nSPS) is 17.2. The topological polar surface area (TPSA) is 49.4 Å². The van der Waals surface area contributed by atoms with Gasteiger partial charge < -0.3 is 10.2 Å². The summed E-state index contributed by atoms with van der Waals surface area (Å²) in [6.45, 7) is 0.200. The fourth-order valence-corrected chi connectivity index (χ4v) is 2.75. The fourth-order valence-electron chi connectivity index (χ4n) is 2.57. The summed E-state index contributed by atoms with van der Waals surface area (Å²) in [4.78, 5) is 25.9. The highest BCUT2D eigenvalue weighted by atomic mass is 35.5. The molecule has 24 heavy (non-hydrogen) atoms. The molecular weight excluding hydrogens is 338 g/mol. The van der Waals surface area contributed by atoms with Gasteiger partial charge in [-0.1, -0.05) is 11.6 Å². The molecule has 2 amide bonds. The van der Waals surface area contributed by atoms with Crippen molar-refractivity contribution in [2.24, 2.45) is 5.92 Å². The standard InChI is InChI=1S/C17H13ClF2N2O2/c18-14-8-12(3-6-15(14)20)21-17(24)10-7-16(23)22(9-10)13-4-1-11(19)2-5-13/h1-6,8,10H,7,9H2,(H,21,24)/t10-/m0/s1. The third-order valence-corrected chi connectivity index (χ3v) is 4.11. The predicted molar refractivity (Wildman–Crippen MR) is 86.9 cm³/mol. The van der Waals surface area contributed by atoms with Gasteiger partial charge in [0, 0.05) is 24.3 Å². The van der Waals surface area contributed by atoms with Gasteiger partial charge >= 0.3 is 0 Å². The van der Waals surface area contributed by atoms with Gasteiger partial charge in [-0.15, -0.1) is 0 Å². The van der Waals surface area contributed by atoms with E-state index in [0.717, 1.165) is 6.07 Å². The zero-order valence-corrected chi connectivity index (χ0v) is 13.2. The highest BCUT2D eigenvalue weighted by Crippen LogP contribution is 2.27. The number of benzene rings is 2. The van der Waals surface area contributed by atoms with E-state index >= 15 is 0 Å². The van der Waals surface area contributed by atoms with Gasteiger partial charge in [0.2, 0.25) is 11.8 Å². The molecule has 1 atom stereocenters. The Kier molecular flexibility index (Phi) is 4.49. The van der Waals surface area contributed by atoms with Crippen LogP contribution in [-0.4, -0.2) is 18.4 Å². The Labute approximate surface area is 142 Å². The molecule has 4 nitrogen and oxygen atoms in total. The number of nitrogens with zero attached hydrogens (tertiary/aromatic N) is 1. The van der Waals surface area contributed by atoms with E-state index in [4.69, 9.17) is 11.6 Å². The maximum atomic E-state index is 13.1. The van der Waals surface area contributed by atoms with Crippen LogP contribution in [-0.2, 0) is 9.59 Å². The molecule has 0 saturated carbocycles. The van der Waals surface area contributed by atoms with Crippen LogP contribution in [0, 0.1) is 17.6 Å². The Morgan fingerprint density at radius 3 is 2.54 bits per heavy atom. The number of nitrogens with one attached hydrogen (secondary N) is 1. The van der Waals surface area contributed by atoms with Gasteiger partial charge in [0.25, 0.3) is 0 Å². The highest BCUT2D eigenvalue weighted by molar-refractivity contribution is 6.31. The van der Waals surface area contributed by atoms with Crippen molar-refractivity contribution >= 4 is 34.8 Å². The Bertz CT molecular complexity index is 796. The van der Waals surface area contributed by atoms with Gasteiger partial charge in [0.1, 0.15) is 11.6 Å². The smallest absolute Gasteiger partial charge is 0.229 e. The minimum atomic E-state index is -0.576. The van der Waals surface area contributed by atoms with Gasteiger partial charge in [-0.2, -0.15) is 0 Å². The second kappa shape index (κ2) is 6.57. The molecule has 3 rings (SSSR count). The molecule has 1 aliphatic rings. The molecule has 0 unspecified atom stereocenters. The number of rotatable bonds is 3. The SMILES string of the molecule is O=C(Nc1ccc(F)c(Cl)c1)[C@H]1CC(=O)N(c2ccc(F)cc2)C1. The number of carbonyl (C=O) groups is 2.